The summed E-state index contributed by atoms with van der Waals surface area (Å²) in [6, 6.07) is 6.19. The Morgan fingerprint density at radius 3 is 3.12 bits per heavy atom. The molecule has 0 unspecified atom stereocenters. The highest BCUT2D eigenvalue weighted by Gasteiger charge is 2.28. The van der Waals surface area contributed by atoms with Crippen LogP contribution in [0.15, 0.2) is 40.0 Å². The average Bonchev–Trinajstić information content (AvgIpc) is 3.34. The van der Waals surface area contributed by atoms with Gasteiger partial charge in [-0.05, 0) is 40.9 Å². The third-order valence-electron chi connectivity index (χ3n) is 4.84. The van der Waals surface area contributed by atoms with Crippen molar-refractivity contribution in [1.29, 1.82) is 0 Å². The fourth-order valence-electron chi connectivity index (χ4n) is 3.64. The maximum atomic E-state index is 13.0. The Labute approximate surface area is 150 Å². The van der Waals surface area contributed by atoms with Gasteiger partial charge >= 0.3 is 5.69 Å². The Morgan fingerprint density at radius 1 is 1.40 bits per heavy atom. The predicted molar refractivity (Wildman–Crippen MR) is 99.1 cm³/mol. The first-order chi connectivity index (χ1) is 12.3. The molecule has 0 saturated carbocycles. The summed E-state index contributed by atoms with van der Waals surface area (Å²) in [5.74, 6) is 0. The summed E-state index contributed by atoms with van der Waals surface area (Å²) in [7, 11) is 1.65. The normalized spacial score (nSPS) is 18.4. The molecule has 0 radical (unpaired) electrons. The highest BCUT2D eigenvalue weighted by atomic mass is 32.1. The van der Waals surface area contributed by atoms with Crippen LogP contribution in [-0.4, -0.2) is 45.8 Å². The lowest BCUT2D eigenvalue weighted by molar-refractivity contribution is 0.187. The van der Waals surface area contributed by atoms with Gasteiger partial charge in [-0.15, -0.1) is 0 Å². The quantitative estimate of drug-likeness (QED) is 0.679. The third-order valence-corrected chi connectivity index (χ3v) is 5.57. The number of thiophene rings is 1. The summed E-state index contributed by atoms with van der Waals surface area (Å²) in [6.07, 6.45) is 2.74. The molecular weight excluding hydrogens is 336 g/mol. The number of hydrogen-bond acceptors (Lipinski definition) is 5. The molecular formula is C18H22N4O2S. The molecule has 0 spiro atoms. The number of hydrogen-bond donors (Lipinski definition) is 0. The Morgan fingerprint density at radius 2 is 2.32 bits per heavy atom. The van der Waals surface area contributed by atoms with Gasteiger partial charge in [-0.1, -0.05) is 0 Å². The van der Waals surface area contributed by atoms with Crippen molar-refractivity contribution in [3.8, 4) is 0 Å². The van der Waals surface area contributed by atoms with Gasteiger partial charge in [0.1, 0.15) is 0 Å². The van der Waals surface area contributed by atoms with Crippen molar-refractivity contribution in [3.63, 3.8) is 0 Å². The van der Waals surface area contributed by atoms with Crippen molar-refractivity contribution in [2.75, 3.05) is 26.8 Å². The molecule has 1 aliphatic heterocycles. The van der Waals surface area contributed by atoms with Crippen LogP contribution < -0.4 is 5.69 Å². The second kappa shape index (κ2) is 7.11. The largest absolute Gasteiger partial charge is 0.383 e. The minimum absolute atomic E-state index is 0.0214. The second-order valence-corrected chi connectivity index (χ2v) is 7.23. The molecule has 4 rings (SSSR count). The maximum Gasteiger partial charge on any atom is 0.330 e. The first-order valence-electron chi connectivity index (χ1n) is 8.56. The van der Waals surface area contributed by atoms with Gasteiger partial charge in [-0.25, -0.2) is 9.78 Å². The summed E-state index contributed by atoms with van der Waals surface area (Å²) < 4.78 is 8.84. The van der Waals surface area contributed by atoms with Crippen LogP contribution >= 0.6 is 11.3 Å². The van der Waals surface area contributed by atoms with Crippen LogP contribution in [0.1, 0.15) is 18.0 Å². The number of ether oxygens (including phenoxy) is 1. The van der Waals surface area contributed by atoms with E-state index in [1.54, 1.807) is 29.2 Å². The van der Waals surface area contributed by atoms with E-state index >= 15 is 0 Å². The molecule has 1 saturated heterocycles. The lowest BCUT2D eigenvalue weighted by atomic mass is 10.2. The van der Waals surface area contributed by atoms with E-state index in [9.17, 15) is 4.79 Å². The Bertz CT molecular complexity index is 900. The fourth-order valence-corrected chi connectivity index (χ4v) is 4.30. The Kier molecular flexibility index (Phi) is 4.70. The molecule has 6 nitrogen and oxygen atoms in total. The van der Waals surface area contributed by atoms with Gasteiger partial charge in [0.2, 0.25) is 0 Å². The van der Waals surface area contributed by atoms with Gasteiger partial charge in [0.05, 0.1) is 24.7 Å². The number of nitrogens with zero attached hydrogens (tertiary/aromatic N) is 4. The standard InChI is InChI=1S/C18H22N4O2S/c1-24-9-8-21-16-3-2-6-19-17(16)22(18(21)23)15-4-7-20(12-15)11-14-5-10-25-13-14/h2-3,5-6,10,13,15H,4,7-9,11-12H2,1H3/t15-/m1/s1. The molecule has 1 atom stereocenters. The lowest BCUT2D eigenvalue weighted by Crippen LogP contribution is -2.30. The minimum Gasteiger partial charge on any atom is -0.383 e. The summed E-state index contributed by atoms with van der Waals surface area (Å²) in [5, 5.41) is 4.30. The first kappa shape index (κ1) is 16.5. The summed E-state index contributed by atoms with van der Waals surface area (Å²) in [5.41, 5.74) is 3.04. The summed E-state index contributed by atoms with van der Waals surface area (Å²) in [4.78, 5) is 19.9. The number of methoxy groups -OCH3 is 1. The number of aromatic nitrogens is 3. The van der Waals surface area contributed by atoms with Crippen LogP contribution in [0.2, 0.25) is 0 Å². The van der Waals surface area contributed by atoms with E-state index in [4.69, 9.17) is 4.74 Å². The Balaban J connectivity index is 1.63. The van der Waals surface area contributed by atoms with E-state index in [-0.39, 0.29) is 11.7 Å². The molecule has 4 heterocycles. The second-order valence-electron chi connectivity index (χ2n) is 6.45. The molecule has 0 N–H and O–H groups in total. The van der Waals surface area contributed by atoms with Crippen molar-refractivity contribution in [2.24, 2.45) is 0 Å². The van der Waals surface area contributed by atoms with Crippen LogP contribution in [0.3, 0.4) is 0 Å². The Hall–Kier alpha value is -1.96. The van der Waals surface area contributed by atoms with E-state index < -0.39 is 0 Å². The third kappa shape index (κ3) is 3.15. The van der Waals surface area contributed by atoms with Crippen molar-refractivity contribution < 1.29 is 4.74 Å². The molecule has 0 amide bonds. The zero-order valence-corrected chi connectivity index (χ0v) is 15.1. The van der Waals surface area contributed by atoms with Crippen molar-refractivity contribution in [3.05, 3.63) is 51.2 Å². The zero-order chi connectivity index (χ0) is 17.2. The van der Waals surface area contributed by atoms with Gasteiger partial charge in [0, 0.05) is 32.9 Å². The van der Waals surface area contributed by atoms with E-state index in [0.29, 0.717) is 13.2 Å². The molecule has 7 heteroatoms. The van der Waals surface area contributed by atoms with Crippen LogP contribution in [-0.2, 0) is 17.8 Å². The molecule has 0 aliphatic carbocycles. The van der Waals surface area contributed by atoms with Crippen molar-refractivity contribution >= 4 is 22.5 Å². The van der Waals surface area contributed by atoms with Gasteiger partial charge in [-0.2, -0.15) is 11.3 Å². The molecule has 3 aromatic rings. The van der Waals surface area contributed by atoms with Crippen molar-refractivity contribution in [2.45, 2.75) is 25.6 Å². The SMILES string of the molecule is COCCn1c(=O)n([C@@H]2CCN(Cc3ccsc3)C2)c2ncccc21. The first-order valence-corrected chi connectivity index (χ1v) is 9.50. The van der Waals surface area contributed by atoms with Gasteiger partial charge < -0.3 is 4.74 Å². The zero-order valence-electron chi connectivity index (χ0n) is 14.3. The van der Waals surface area contributed by atoms with E-state index in [1.165, 1.54) is 5.56 Å². The van der Waals surface area contributed by atoms with E-state index in [2.05, 4.69) is 26.7 Å². The van der Waals surface area contributed by atoms with Gasteiger partial charge in [-0.3, -0.25) is 14.0 Å². The molecule has 0 bridgehead atoms. The molecule has 3 aromatic heterocycles. The van der Waals surface area contributed by atoms with Gasteiger partial charge in [0.25, 0.3) is 0 Å². The summed E-state index contributed by atoms with van der Waals surface area (Å²) in [6.45, 7) is 3.91. The molecule has 1 fully saturated rings. The number of pyridine rings is 1. The highest BCUT2D eigenvalue weighted by molar-refractivity contribution is 7.07. The molecule has 25 heavy (non-hydrogen) atoms. The van der Waals surface area contributed by atoms with Crippen LogP contribution in [0.25, 0.3) is 11.2 Å². The van der Waals surface area contributed by atoms with Crippen molar-refractivity contribution in [1.82, 2.24) is 19.0 Å². The summed E-state index contributed by atoms with van der Waals surface area (Å²) >= 11 is 1.73. The topological polar surface area (TPSA) is 52.3 Å². The number of imidazole rings is 1. The van der Waals surface area contributed by atoms with E-state index in [1.807, 2.05) is 16.7 Å². The van der Waals surface area contributed by atoms with Gasteiger partial charge in [0.15, 0.2) is 5.65 Å². The predicted octanol–water partition coefficient (Wildman–Crippen LogP) is 2.35. The highest BCUT2D eigenvalue weighted by Crippen LogP contribution is 2.25. The van der Waals surface area contributed by atoms with Crippen LogP contribution in [0, 0.1) is 0 Å². The number of likely N-dealkylation sites (tertiary alicyclic amines) is 1. The molecule has 1 aliphatic rings. The monoisotopic (exact) mass is 358 g/mol. The fraction of sp³-hybridized carbons (Fsp3) is 0.444. The number of fused-ring (bicyclic) bond motifs is 1. The lowest BCUT2D eigenvalue weighted by Gasteiger charge is -2.15. The average molecular weight is 358 g/mol. The minimum atomic E-state index is 0.0214. The van der Waals surface area contributed by atoms with Crippen LogP contribution in [0.5, 0.6) is 0 Å². The number of rotatable bonds is 6. The molecule has 132 valence electrons. The maximum absolute atomic E-state index is 13.0. The smallest absolute Gasteiger partial charge is 0.330 e. The molecule has 0 aromatic carbocycles. The van der Waals surface area contributed by atoms with Crippen LogP contribution in [0.4, 0.5) is 0 Å². The van der Waals surface area contributed by atoms with E-state index in [0.717, 1.165) is 37.2 Å².